The lowest BCUT2D eigenvalue weighted by Gasteiger charge is -2.38. The van der Waals surface area contributed by atoms with E-state index in [0.29, 0.717) is 0 Å². The molecule has 0 aliphatic carbocycles. The lowest BCUT2D eigenvalue weighted by atomic mass is 9.83. The van der Waals surface area contributed by atoms with Crippen LogP contribution in [0.5, 0.6) is 0 Å². The van der Waals surface area contributed by atoms with Crippen LogP contribution in [0.2, 0.25) is 0 Å². The van der Waals surface area contributed by atoms with Gasteiger partial charge in [-0.1, -0.05) is 67.6 Å². The number of hydrogen-bond acceptors (Lipinski definition) is 3. The largest absolute Gasteiger partial charge is 0.375 e. The standard InChI is InChI=1S/C20H23N3OS/c1-2-16-17(22-23-20(21)25)13-18(14-9-5-3-6-10-14)24-19(16)15-11-7-4-8-12-15/h3-12,16,18-19H,2,13H2,1H3,(H3,21,23,25)/b22-17-. The molecular formula is C20H23N3OS. The minimum atomic E-state index is -0.0444. The number of nitrogens with two attached hydrogens (primary N) is 1. The monoisotopic (exact) mass is 353 g/mol. The van der Waals surface area contributed by atoms with Gasteiger partial charge in [0.15, 0.2) is 5.11 Å². The SMILES string of the molecule is CCC1/C(=N\NC(N)=S)CC(c2ccccc2)OC1c1ccccc1. The molecule has 130 valence electrons. The highest BCUT2D eigenvalue weighted by molar-refractivity contribution is 7.80. The third-order valence-electron chi connectivity index (χ3n) is 4.55. The first kappa shape index (κ1) is 17.6. The second kappa shape index (κ2) is 8.23. The van der Waals surface area contributed by atoms with E-state index in [0.717, 1.165) is 29.7 Å². The Labute approximate surface area is 154 Å². The summed E-state index contributed by atoms with van der Waals surface area (Å²) in [6, 6.07) is 20.6. The molecule has 4 nitrogen and oxygen atoms in total. The summed E-state index contributed by atoms with van der Waals surface area (Å²) in [5.74, 6) is 0.184. The Kier molecular flexibility index (Phi) is 5.79. The number of benzene rings is 2. The molecule has 0 amide bonds. The molecule has 2 aromatic rings. The molecule has 5 heteroatoms. The summed E-state index contributed by atoms with van der Waals surface area (Å²) in [6.45, 7) is 2.16. The predicted molar refractivity (Wildman–Crippen MR) is 105 cm³/mol. The average molecular weight is 353 g/mol. The van der Waals surface area contributed by atoms with Gasteiger partial charge in [-0.3, -0.25) is 5.43 Å². The fourth-order valence-corrected chi connectivity index (χ4v) is 3.40. The maximum atomic E-state index is 6.53. The Morgan fingerprint density at radius 3 is 2.28 bits per heavy atom. The van der Waals surface area contributed by atoms with Crippen LogP contribution in [0.15, 0.2) is 65.8 Å². The predicted octanol–water partition coefficient (Wildman–Crippen LogP) is 4.10. The second-order valence-corrected chi connectivity index (χ2v) is 6.60. The van der Waals surface area contributed by atoms with Crippen LogP contribution in [0.1, 0.15) is 43.1 Å². The molecule has 0 saturated carbocycles. The highest BCUT2D eigenvalue weighted by Gasteiger charge is 2.36. The second-order valence-electron chi connectivity index (χ2n) is 6.16. The molecule has 1 aliphatic rings. The molecule has 2 aromatic carbocycles. The van der Waals surface area contributed by atoms with Gasteiger partial charge in [-0.05, 0) is 29.8 Å². The summed E-state index contributed by atoms with van der Waals surface area (Å²) in [5, 5.41) is 4.69. The van der Waals surface area contributed by atoms with Crippen LogP contribution in [0.3, 0.4) is 0 Å². The number of thiocarbonyl (C=S) groups is 1. The summed E-state index contributed by atoms with van der Waals surface area (Å²) < 4.78 is 6.53. The lowest BCUT2D eigenvalue weighted by molar-refractivity contribution is -0.0471. The van der Waals surface area contributed by atoms with Crippen molar-refractivity contribution in [2.45, 2.75) is 32.0 Å². The third-order valence-corrected chi connectivity index (χ3v) is 4.64. The van der Waals surface area contributed by atoms with E-state index in [1.54, 1.807) is 0 Å². The van der Waals surface area contributed by atoms with E-state index in [1.807, 2.05) is 36.4 Å². The normalized spacial score (nSPS) is 24.8. The van der Waals surface area contributed by atoms with E-state index in [-0.39, 0.29) is 23.2 Å². The van der Waals surface area contributed by atoms with Crippen LogP contribution in [0, 0.1) is 5.92 Å². The smallest absolute Gasteiger partial charge is 0.184 e. The molecule has 0 radical (unpaired) electrons. The maximum absolute atomic E-state index is 6.53. The van der Waals surface area contributed by atoms with Gasteiger partial charge in [-0.25, -0.2) is 0 Å². The molecule has 25 heavy (non-hydrogen) atoms. The Hall–Kier alpha value is -2.24. The molecule has 0 spiro atoms. The zero-order valence-corrected chi connectivity index (χ0v) is 15.1. The van der Waals surface area contributed by atoms with Crippen LogP contribution in [0.25, 0.3) is 0 Å². The fourth-order valence-electron chi connectivity index (χ4n) is 3.36. The first-order valence-corrected chi connectivity index (χ1v) is 8.97. The van der Waals surface area contributed by atoms with Crippen molar-refractivity contribution in [1.29, 1.82) is 0 Å². The van der Waals surface area contributed by atoms with E-state index in [1.165, 1.54) is 0 Å². The molecule has 3 rings (SSSR count). The Bertz CT molecular complexity index is 733. The van der Waals surface area contributed by atoms with Gasteiger partial charge in [0.05, 0.1) is 12.2 Å². The zero-order valence-electron chi connectivity index (χ0n) is 14.3. The Morgan fingerprint density at radius 1 is 1.12 bits per heavy atom. The van der Waals surface area contributed by atoms with Crippen LogP contribution < -0.4 is 11.2 Å². The van der Waals surface area contributed by atoms with Crippen molar-refractivity contribution >= 4 is 23.0 Å². The van der Waals surface area contributed by atoms with E-state index in [2.05, 4.69) is 41.7 Å². The number of hydrazone groups is 1. The summed E-state index contributed by atoms with van der Waals surface area (Å²) in [5.41, 5.74) is 11.7. The van der Waals surface area contributed by atoms with Crippen LogP contribution in [0.4, 0.5) is 0 Å². The van der Waals surface area contributed by atoms with Gasteiger partial charge in [0, 0.05) is 18.1 Å². The van der Waals surface area contributed by atoms with Gasteiger partial charge >= 0.3 is 0 Å². The van der Waals surface area contributed by atoms with Crippen molar-refractivity contribution in [2.24, 2.45) is 16.8 Å². The average Bonchev–Trinajstić information content (AvgIpc) is 2.67. The highest BCUT2D eigenvalue weighted by atomic mass is 32.1. The summed E-state index contributed by atoms with van der Waals surface area (Å²) >= 11 is 4.91. The molecule has 0 bridgehead atoms. The van der Waals surface area contributed by atoms with Gasteiger partial charge in [-0.15, -0.1) is 0 Å². The molecule has 0 aromatic heterocycles. The van der Waals surface area contributed by atoms with Gasteiger partial charge in [0.1, 0.15) is 0 Å². The molecule has 1 aliphatic heterocycles. The molecule has 1 heterocycles. The van der Waals surface area contributed by atoms with Crippen molar-refractivity contribution in [3.63, 3.8) is 0 Å². The van der Waals surface area contributed by atoms with Crippen molar-refractivity contribution in [3.05, 3.63) is 71.8 Å². The van der Waals surface area contributed by atoms with Crippen molar-refractivity contribution in [3.8, 4) is 0 Å². The van der Waals surface area contributed by atoms with Crippen molar-refractivity contribution in [2.75, 3.05) is 0 Å². The van der Waals surface area contributed by atoms with Gasteiger partial charge in [0.25, 0.3) is 0 Å². The molecule has 1 saturated heterocycles. The topological polar surface area (TPSA) is 59.6 Å². The summed E-state index contributed by atoms with van der Waals surface area (Å²) in [6.07, 6.45) is 1.57. The van der Waals surface area contributed by atoms with Gasteiger partial charge in [-0.2, -0.15) is 5.10 Å². The highest BCUT2D eigenvalue weighted by Crippen LogP contribution is 2.42. The number of nitrogens with zero attached hydrogens (tertiary/aromatic N) is 1. The van der Waals surface area contributed by atoms with Crippen LogP contribution >= 0.6 is 12.2 Å². The van der Waals surface area contributed by atoms with E-state index < -0.39 is 0 Å². The number of hydrogen-bond donors (Lipinski definition) is 2. The van der Waals surface area contributed by atoms with Crippen molar-refractivity contribution < 1.29 is 4.74 Å². The fraction of sp³-hybridized carbons (Fsp3) is 0.300. The van der Waals surface area contributed by atoms with E-state index in [4.69, 9.17) is 22.7 Å². The summed E-state index contributed by atoms with van der Waals surface area (Å²) in [7, 11) is 0. The van der Waals surface area contributed by atoms with E-state index in [9.17, 15) is 0 Å². The number of rotatable bonds is 4. The first-order valence-electron chi connectivity index (χ1n) is 8.56. The molecular weight excluding hydrogens is 330 g/mol. The minimum Gasteiger partial charge on any atom is -0.375 e. The summed E-state index contributed by atoms with van der Waals surface area (Å²) in [4.78, 5) is 0. The van der Waals surface area contributed by atoms with Crippen LogP contribution in [-0.4, -0.2) is 10.8 Å². The molecule has 3 atom stereocenters. The number of nitrogens with one attached hydrogen (secondary N) is 1. The van der Waals surface area contributed by atoms with Gasteiger partial charge in [0.2, 0.25) is 0 Å². The minimum absolute atomic E-state index is 0.0406. The quantitative estimate of drug-likeness (QED) is 0.642. The van der Waals surface area contributed by atoms with E-state index >= 15 is 0 Å². The molecule has 3 N–H and O–H groups in total. The Balaban J connectivity index is 1.97. The first-order chi connectivity index (χ1) is 12.2. The molecule has 3 unspecified atom stereocenters. The third kappa shape index (κ3) is 4.24. The maximum Gasteiger partial charge on any atom is 0.184 e. The zero-order chi connectivity index (χ0) is 17.6. The number of ether oxygens (including phenoxy) is 1. The Morgan fingerprint density at radius 2 is 1.72 bits per heavy atom. The lowest BCUT2D eigenvalue weighted by Crippen LogP contribution is -2.35. The molecule has 1 fully saturated rings. The van der Waals surface area contributed by atoms with Crippen molar-refractivity contribution in [1.82, 2.24) is 5.43 Å². The van der Waals surface area contributed by atoms with Crippen LogP contribution in [-0.2, 0) is 4.74 Å². The van der Waals surface area contributed by atoms with Gasteiger partial charge < -0.3 is 10.5 Å².